The van der Waals surface area contributed by atoms with Crippen LogP contribution in [0.5, 0.6) is 5.75 Å². The number of aromatic amines is 1. The fourth-order valence-corrected chi connectivity index (χ4v) is 2.41. The van der Waals surface area contributed by atoms with Crippen molar-refractivity contribution in [1.82, 2.24) is 15.3 Å². The van der Waals surface area contributed by atoms with Crippen LogP contribution in [0, 0.1) is 0 Å². The first kappa shape index (κ1) is 13.6. The molecule has 4 nitrogen and oxygen atoms in total. The van der Waals surface area contributed by atoms with E-state index in [1.165, 1.54) is 16.5 Å². The molecule has 3 aromatic rings. The summed E-state index contributed by atoms with van der Waals surface area (Å²) in [7, 11) is 1.69. The number of rotatable bonds is 6. The molecule has 0 bridgehead atoms. The van der Waals surface area contributed by atoms with Gasteiger partial charge in [0.05, 0.1) is 7.11 Å². The monoisotopic (exact) mass is 281 g/mol. The van der Waals surface area contributed by atoms with Crippen molar-refractivity contribution in [1.29, 1.82) is 0 Å². The molecule has 0 fully saturated rings. The number of hydrogen-bond acceptors (Lipinski definition) is 3. The second-order valence-corrected chi connectivity index (χ2v) is 4.99. The van der Waals surface area contributed by atoms with Crippen molar-refractivity contribution in [2.75, 3.05) is 13.7 Å². The van der Waals surface area contributed by atoms with Gasteiger partial charge >= 0.3 is 0 Å². The Morgan fingerprint density at radius 3 is 2.86 bits per heavy atom. The largest absolute Gasteiger partial charge is 0.497 e. The molecule has 1 aromatic carbocycles. The third-order valence-corrected chi connectivity index (χ3v) is 3.60. The van der Waals surface area contributed by atoms with E-state index in [1.807, 2.05) is 24.4 Å². The van der Waals surface area contributed by atoms with Crippen molar-refractivity contribution in [2.24, 2.45) is 0 Å². The van der Waals surface area contributed by atoms with E-state index >= 15 is 0 Å². The highest BCUT2D eigenvalue weighted by Crippen LogP contribution is 2.15. The molecule has 4 heteroatoms. The molecule has 0 saturated heterocycles. The summed E-state index contributed by atoms with van der Waals surface area (Å²) < 4.78 is 5.16. The first-order valence-corrected chi connectivity index (χ1v) is 7.11. The molecule has 108 valence electrons. The molecule has 0 amide bonds. The summed E-state index contributed by atoms with van der Waals surface area (Å²) in [6.07, 6.45) is 4.84. The van der Waals surface area contributed by atoms with Crippen molar-refractivity contribution in [2.45, 2.75) is 13.0 Å². The highest BCUT2D eigenvalue weighted by atomic mass is 16.5. The number of pyridine rings is 1. The van der Waals surface area contributed by atoms with Gasteiger partial charge in [0.25, 0.3) is 0 Å². The highest BCUT2D eigenvalue weighted by molar-refractivity contribution is 5.79. The fourth-order valence-electron chi connectivity index (χ4n) is 2.41. The van der Waals surface area contributed by atoms with Gasteiger partial charge in [0.1, 0.15) is 11.4 Å². The normalized spacial score (nSPS) is 10.9. The van der Waals surface area contributed by atoms with Crippen LogP contribution in [0.15, 0.2) is 48.8 Å². The standard InChI is InChI=1S/C17H19N3O/c1-21-15-6-4-13(5-7-15)8-10-18-11-14-12-20-17-16(14)3-2-9-19-17/h2-7,9,12,18H,8,10-11H2,1H3,(H,19,20). The third kappa shape index (κ3) is 3.23. The van der Waals surface area contributed by atoms with Crippen LogP contribution < -0.4 is 10.1 Å². The molecule has 0 aliphatic rings. The van der Waals surface area contributed by atoms with E-state index in [9.17, 15) is 0 Å². The van der Waals surface area contributed by atoms with E-state index in [-0.39, 0.29) is 0 Å². The quantitative estimate of drug-likeness (QED) is 0.683. The van der Waals surface area contributed by atoms with Gasteiger partial charge < -0.3 is 15.0 Å². The Morgan fingerprint density at radius 2 is 2.05 bits per heavy atom. The maximum atomic E-state index is 5.16. The van der Waals surface area contributed by atoms with Gasteiger partial charge in [0.15, 0.2) is 0 Å². The Labute approximate surface area is 124 Å². The number of fused-ring (bicyclic) bond motifs is 1. The smallest absolute Gasteiger partial charge is 0.137 e. The summed E-state index contributed by atoms with van der Waals surface area (Å²) in [6.45, 7) is 1.79. The van der Waals surface area contributed by atoms with Crippen molar-refractivity contribution in [3.63, 3.8) is 0 Å². The number of nitrogens with zero attached hydrogens (tertiary/aromatic N) is 1. The van der Waals surface area contributed by atoms with Gasteiger partial charge in [-0.15, -0.1) is 0 Å². The van der Waals surface area contributed by atoms with Crippen LogP contribution in [0.1, 0.15) is 11.1 Å². The molecule has 0 aliphatic carbocycles. The molecule has 2 heterocycles. The Kier molecular flexibility index (Phi) is 4.17. The lowest BCUT2D eigenvalue weighted by Gasteiger charge is -2.05. The third-order valence-electron chi connectivity index (χ3n) is 3.60. The first-order chi connectivity index (χ1) is 10.4. The average Bonchev–Trinajstić information content (AvgIpc) is 2.95. The van der Waals surface area contributed by atoms with Crippen LogP contribution in [-0.4, -0.2) is 23.6 Å². The molecule has 0 saturated carbocycles. The first-order valence-electron chi connectivity index (χ1n) is 7.11. The second-order valence-electron chi connectivity index (χ2n) is 4.99. The number of hydrogen-bond donors (Lipinski definition) is 2. The van der Waals surface area contributed by atoms with Gasteiger partial charge in [0.2, 0.25) is 0 Å². The molecule has 2 N–H and O–H groups in total. The zero-order chi connectivity index (χ0) is 14.5. The highest BCUT2D eigenvalue weighted by Gasteiger charge is 2.03. The van der Waals surface area contributed by atoms with Crippen LogP contribution in [0.25, 0.3) is 11.0 Å². The van der Waals surface area contributed by atoms with Gasteiger partial charge in [-0.3, -0.25) is 0 Å². The number of ether oxygens (including phenoxy) is 1. The van der Waals surface area contributed by atoms with Crippen molar-refractivity contribution in [3.8, 4) is 5.75 Å². The molecule has 0 aliphatic heterocycles. The molecule has 0 atom stereocenters. The summed E-state index contributed by atoms with van der Waals surface area (Å²) >= 11 is 0. The molecule has 2 aromatic heterocycles. The summed E-state index contributed by atoms with van der Waals surface area (Å²) in [6, 6.07) is 12.3. The summed E-state index contributed by atoms with van der Waals surface area (Å²) in [5.74, 6) is 0.901. The molecule has 0 unspecified atom stereocenters. The number of methoxy groups -OCH3 is 1. The van der Waals surface area contributed by atoms with Gasteiger partial charge in [-0.05, 0) is 48.4 Å². The SMILES string of the molecule is COc1ccc(CCNCc2c[nH]c3ncccc23)cc1. The predicted octanol–water partition coefficient (Wildman–Crippen LogP) is 2.90. The molecular weight excluding hydrogens is 262 g/mol. The lowest BCUT2D eigenvalue weighted by molar-refractivity contribution is 0.414. The lowest BCUT2D eigenvalue weighted by atomic mass is 10.1. The minimum atomic E-state index is 0.849. The maximum Gasteiger partial charge on any atom is 0.137 e. The van der Waals surface area contributed by atoms with Gasteiger partial charge in [-0.25, -0.2) is 4.98 Å². The van der Waals surface area contributed by atoms with E-state index in [4.69, 9.17) is 4.74 Å². The number of nitrogens with one attached hydrogen (secondary N) is 2. The molecular formula is C17H19N3O. The lowest BCUT2D eigenvalue weighted by Crippen LogP contribution is -2.16. The fraction of sp³-hybridized carbons (Fsp3) is 0.235. The summed E-state index contributed by atoms with van der Waals surface area (Å²) in [4.78, 5) is 7.49. The number of benzene rings is 1. The minimum Gasteiger partial charge on any atom is -0.497 e. The van der Waals surface area contributed by atoms with E-state index in [0.717, 1.165) is 30.9 Å². The maximum absolute atomic E-state index is 5.16. The topological polar surface area (TPSA) is 49.9 Å². The van der Waals surface area contributed by atoms with Crippen molar-refractivity contribution < 1.29 is 4.74 Å². The van der Waals surface area contributed by atoms with Gasteiger partial charge in [-0.2, -0.15) is 0 Å². The van der Waals surface area contributed by atoms with Gasteiger partial charge in [-0.1, -0.05) is 12.1 Å². The van der Waals surface area contributed by atoms with E-state index in [1.54, 1.807) is 13.3 Å². The van der Waals surface area contributed by atoms with E-state index in [0.29, 0.717) is 0 Å². The molecule has 21 heavy (non-hydrogen) atoms. The second kappa shape index (κ2) is 6.41. The van der Waals surface area contributed by atoms with Gasteiger partial charge in [0, 0.05) is 24.3 Å². The van der Waals surface area contributed by atoms with Crippen LogP contribution in [-0.2, 0) is 13.0 Å². The van der Waals surface area contributed by atoms with Crippen LogP contribution in [0.2, 0.25) is 0 Å². The Morgan fingerprint density at radius 1 is 1.19 bits per heavy atom. The number of aromatic nitrogens is 2. The molecule has 0 radical (unpaired) electrons. The molecule has 0 spiro atoms. The zero-order valence-electron chi connectivity index (χ0n) is 12.1. The average molecular weight is 281 g/mol. The van der Waals surface area contributed by atoms with E-state index in [2.05, 4.69) is 33.5 Å². The van der Waals surface area contributed by atoms with E-state index < -0.39 is 0 Å². The molecule has 3 rings (SSSR count). The van der Waals surface area contributed by atoms with Crippen LogP contribution >= 0.6 is 0 Å². The summed E-state index contributed by atoms with van der Waals surface area (Å²) in [5, 5.41) is 4.67. The Hall–Kier alpha value is -2.33. The Balaban J connectivity index is 1.51. The van der Waals surface area contributed by atoms with Crippen LogP contribution in [0.3, 0.4) is 0 Å². The van der Waals surface area contributed by atoms with Crippen molar-refractivity contribution >= 4 is 11.0 Å². The minimum absolute atomic E-state index is 0.849. The predicted molar refractivity (Wildman–Crippen MR) is 84.5 cm³/mol. The number of H-pyrrole nitrogens is 1. The Bertz CT molecular complexity index is 703. The zero-order valence-corrected chi connectivity index (χ0v) is 12.1. The van der Waals surface area contributed by atoms with Crippen LogP contribution in [0.4, 0.5) is 0 Å². The van der Waals surface area contributed by atoms with Crippen molar-refractivity contribution in [3.05, 3.63) is 59.9 Å². The summed E-state index contributed by atoms with van der Waals surface area (Å²) in [5.41, 5.74) is 3.51.